The summed E-state index contributed by atoms with van der Waals surface area (Å²) in [6, 6.07) is 7.56. The quantitative estimate of drug-likeness (QED) is 0.650. The van der Waals surface area contributed by atoms with Gasteiger partial charge in [-0.3, -0.25) is 0 Å². The van der Waals surface area contributed by atoms with E-state index >= 15 is 0 Å². The first-order valence-corrected chi connectivity index (χ1v) is 4.62. The largest absolute Gasteiger partial charge is 0.494 e. The van der Waals surface area contributed by atoms with E-state index in [4.69, 9.17) is 17.3 Å². The Bertz CT molecular complexity index is 489. The lowest BCUT2D eigenvalue weighted by Crippen LogP contribution is -1.95. The van der Waals surface area contributed by atoms with Crippen molar-refractivity contribution in [2.24, 2.45) is 0 Å². The van der Waals surface area contributed by atoms with Crippen LogP contribution in [0.25, 0.3) is 5.69 Å². The molecule has 0 aliphatic rings. The third-order valence-electron chi connectivity index (χ3n) is 2.05. The average Bonchev–Trinajstić information content (AvgIpc) is 2.51. The van der Waals surface area contributed by atoms with Crippen molar-refractivity contribution in [3.63, 3.8) is 0 Å². The molecular formula is C10H9ClN2O2. The monoisotopic (exact) mass is 224 g/mol. The second kappa shape index (κ2) is 3.40. The molecule has 0 radical (unpaired) electrons. The highest BCUT2D eigenvalue weighted by atomic mass is 35.5. The van der Waals surface area contributed by atoms with Gasteiger partial charge in [-0.1, -0.05) is 11.6 Å². The minimum absolute atomic E-state index is 0.0972. The van der Waals surface area contributed by atoms with E-state index in [2.05, 4.69) is 0 Å². The number of benzene rings is 1. The highest BCUT2D eigenvalue weighted by Gasteiger charge is 2.11. The average molecular weight is 225 g/mol. The first-order valence-electron chi connectivity index (χ1n) is 4.24. The summed E-state index contributed by atoms with van der Waals surface area (Å²) < 4.78 is 1.21. The molecule has 0 saturated heterocycles. The lowest BCUT2D eigenvalue weighted by Gasteiger charge is -2.09. The molecule has 0 aliphatic heterocycles. The van der Waals surface area contributed by atoms with E-state index in [1.165, 1.54) is 16.7 Å². The predicted octanol–water partition coefficient (Wildman–Crippen LogP) is 2.12. The maximum absolute atomic E-state index is 9.50. The van der Waals surface area contributed by atoms with Gasteiger partial charge in [-0.15, -0.1) is 0 Å². The first-order chi connectivity index (χ1) is 7.09. The molecule has 2 aromatic rings. The Morgan fingerprint density at radius 3 is 2.27 bits per heavy atom. The van der Waals surface area contributed by atoms with Gasteiger partial charge in [0.1, 0.15) is 0 Å². The van der Waals surface area contributed by atoms with Gasteiger partial charge in [-0.05, 0) is 18.2 Å². The third kappa shape index (κ3) is 1.59. The molecule has 0 unspecified atom stereocenters. The zero-order valence-corrected chi connectivity index (χ0v) is 8.44. The van der Waals surface area contributed by atoms with Crippen LogP contribution in [-0.2, 0) is 0 Å². The van der Waals surface area contributed by atoms with Crippen LogP contribution in [0.4, 0.5) is 5.69 Å². The summed E-state index contributed by atoms with van der Waals surface area (Å²) in [5.74, 6) is -0.194. The zero-order valence-electron chi connectivity index (χ0n) is 7.68. The fourth-order valence-electron chi connectivity index (χ4n) is 1.36. The van der Waals surface area contributed by atoms with Gasteiger partial charge in [0.25, 0.3) is 0 Å². The highest BCUT2D eigenvalue weighted by molar-refractivity contribution is 6.32. The second-order valence-electron chi connectivity index (χ2n) is 3.10. The number of rotatable bonds is 1. The molecule has 0 saturated carbocycles. The summed E-state index contributed by atoms with van der Waals surface area (Å²) in [4.78, 5) is 0. The van der Waals surface area contributed by atoms with E-state index in [0.29, 0.717) is 16.4 Å². The van der Waals surface area contributed by atoms with E-state index in [1.54, 1.807) is 18.2 Å². The Balaban J connectivity index is 2.68. The number of nitrogens with two attached hydrogens (primary N) is 1. The molecule has 4 nitrogen and oxygen atoms in total. The van der Waals surface area contributed by atoms with Crippen molar-refractivity contribution in [2.45, 2.75) is 0 Å². The normalized spacial score (nSPS) is 10.5. The van der Waals surface area contributed by atoms with E-state index in [-0.39, 0.29) is 11.8 Å². The predicted molar refractivity (Wildman–Crippen MR) is 58.5 cm³/mol. The van der Waals surface area contributed by atoms with Gasteiger partial charge in [-0.2, -0.15) is 0 Å². The van der Waals surface area contributed by atoms with E-state index in [1.807, 2.05) is 0 Å². The smallest absolute Gasteiger partial charge is 0.198 e. The summed E-state index contributed by atoms with van der Waals surface area (Å²) >= 11 is 5.93. The molecule has 78 valence electrons. The van der Waals surface area contributed by atoms with Crippen molar-refractivity contribution in [3.05, 3.63) is 35.4 Å². The van der Waals surface area contributed by atoms with Gasteiger partial charge in [0, 0.05) is 17.8 Å². The van der Waals surface area contributed by atoms with E-state index in [0.717, 1.165) is 0 Å². The van der Waals surface area contributed by atoms with Crippen LogP contribution in [0.2, 0.25) is 5.02 Å². The summed E-state index contributed by atoms with van der Waals surface area (Å²) in [5, 5.41) is 19.4. The van der Waals surface area contributed by atoms with Crippen LogP contribution >= 0.6 is 11.6 Å². The number of aromatic nitrogens is 1. The van der Waals surface area contributed by atoms with Crippen molar-refractivity contribution in [1.82, 2.24) is 4.57 Å². The minimum Gasteiger partial charge on any atom is -0.494 e. The number of nitrogens with zero attached hydrogens (tertiary/aromatic N) is 1. The van der Waals surface area contributed by atoms with Crippen molar-refractivity contribution >= 4 is 17.3 Å². The van der Waals surface area contributed by atoms with Crippen LogP contribution in [0, 0.1) is 0 Å². The van der Waals surface area contributed by atoms with Crippen LogP contribution < -0.4 is 5.73 Å². The van der Waals surface area contributed by atoms with Gasteiger partial charge in [0.05, 0.1) is 10.7 Å². The topological polar surface area (TPSA) is 71.4 Å². The molecule has 1 heterocycles. The Hall–Kier alpha value is -1.81. The number of halogens is 1. The molecule has 0 atom stereocenters. The number of aromatic hydroxyl groups is 2. The maximum atomic E-state index is 9.50. The van der Waals surface area contributed by atoms with Crippen LogP contribution in [-0.4, -0.2) is 14.8 Å². The number of anilines is 1. The summed E-state index contributed by atoms with van der Waals surface area (Å²) in [6.45, 7) is 0. The fourth-order valence-corrected chi connectivity index (χ4v) is 1.57. The van der Waals surface area contributed by atoms with Crippen molar-refractivity contribution < 1.29 is 10.2 Å². The molecule has 0 aliphatic carbocycles. The Kier molecular flexibility index (Phi) is 2.21. The van der Waals surface area contributed by atoms with Crippen LogP contribution in [0.15, 0.2) is 30.3 Å². The standard InChI is InChI=1S/C10H9ClN2O2/c11-7-2-1-6(12)5-8(7)13-9(14)3-4-10(13)15/h1-5,14-15H,12H2. The molecular weight excluding hydrogens is 216 g/mol. The molecule has 0 bridgehead atoms. The lowest BCUT2D eigenvalue weighted by molar-refractivity contribution is 0.402. The van der Waals surface area contributed by atoms with Crippen molar-refractivity contribution in [3.8, 4) is 17.4 Å². The van der Waals surface area contributed by atoms with Gasteiger partial charge >= 0.3 is 0 Å². The minimum atomic E-state index is -0.0972. The molecule has 15 heavy (non-hydrogen) atoms. The highest BCUT2D eigenvalue weighted by Crippen LogP contribution is 2.31. The summed E-state index contributed by atoms with van der Waals surface area (Å²) in [5.41, 5.74) is 6.54. The third-order valence-corrected chi connectivity index (χ3v) is 2.37. The molecule has 1 aromatic carbocycles. The van der Waals surface area contributed by atoms with Crippen LogP contribution in [0.3, 0.4) is 0 Å². The number of nitrogen functional groups attached to an aromatic ring is 1. The molecule has 5 heteroatoms. The molecule has 0 fully saturated rings. The molecule has 4 N–H and O–H groups in total. The fraction of sp³-hybridized carbons (Fsp3) is 0. The maximum Gasteiger partial charge on any atom is 0.198 e. The van der Waals surface area contributed by atoms with Crippen LogP contribution in [0.5, 0.6) is 11.8 Å². The SMILES string of the molecule is Nc1ccc(Cl)c(-n2c(O)ccc2O)c1. The zero-order chi connectivity index (χ0) is 11.0. The van der Waals surface area contributed by atoms with Crippen LogP contribution in [0.1, 0.15) is 0 Å². The molecule has 2 rings (SSSR count). The van der Waals surface area contributed by atoms with Gasteiger partial charge < -0.3 is 15.9 Å². The summed E-state index contributed by atoms with van der Waals surface area (Å²) in [7, 11) is 0. The summed E-state index contributed by atoms with van der Waals surface area (Å²) in [6.07, 6.45) is 0. The van der Waals surface area contributed by atoms with Gasteiger partial charge in [0.2, 0.25) is 0 Å². The lowest BCUT2D eigenvalue weighted by atomic mass is 10.3. The van der Waals surface area contributed by atoms with Crippen molar-refractivity contribution in [2.75, 3.05) is 5.73 Å². The number of hydrogen-bond donors (Lipinski definition) is 3. The molecule has 0 amide bonds. The van der Waals surface area contributed by atoms with E-state index in [9.17, 15) is 10.2 Å². The molecule has 0 spiro atoms. The number of hydrogen-bond acceptors (Lipinski definition) is 3. The van der Waals surface area contributed by atoms with Gasteiger partial charge in [0.15, 0.2) is 11.8 Å². The van der Waals surface area contributed by atoms with Gasteiger partial charge in [-0.25, -0.2) is 4.57 Å². The van der Waals surface area contributed by atoms with E-state index < -0.39 is 0 Å². The Morgan fingerprint density at radius 1 is 1.07 bits per heavy atom. The Labute approximate surface area is 91.1 Å². The molecule has 1 aromatic heterocycles. The van der Waals surface area contributed by atoms with Crippen molar-refractivity contribution in [1.29, 1.82) is 0 Å². The first kappa shape index (κ1) is 9.73. The Morgan fingerprint density at radius 2 is 1.67 bits per heavy atom. The second-order valence-corrected chi connectivity index (χ2v) is 3.50.